The zero-order chi connectivity index (χ0) is 24.0. The lowest BCUT2D eigenvalue weighted by molar-refractivity contribution is -0.164. The second-order valence-corrected chi connectivity index (χ2v) is 8.43. The van der Waals surface area contributed by atoms with Crippen molar-refractivity contribution in [2.45, 2.75) is 25.3 Å². The normalized spacial score (nSPS) is 15.1. The maximum Gasteiger partial charge on any atom is 0.282 e. The minimum atomic E-state index is -2.88. The molecule has 0 spiro atoms. The monoisotopic (exact) mass is 453 g/mol. The number of primary amides is 1. The molecule has 2 amide bonds. The first kappa shape index (κ1) is 22.1. The number of pyridine rings is 1. The van der Waals surface area contributed by atoms with Crippen LogP contribution in [-0.4, -0.2) is 56.9 Å². The van der Waals surface area contributed by atoms with Crippen LogP contribution in [0.25, 0.3) is 5.52 Å². The number of alkyl halides is 2. The zero-order valence-corrected chi connectivity index (χ0v) is 18.0. The van der Waals surface area contributed by atoms with E-state index in [9.17, 15) is 18.4 Å². The van der Waals surface area contributed by atoms with Gasteiger partial charge in [0, 0.05) is 6.20 Å². The third kappa shape index (κ3) is 4.07. The fourth-order valence-corrected chi connectivity index (χ4v) is 3.84. The van der Waals surface area contributed by atoms with E-state index in [1.165, 1.54) is 18.5 Å². The average molecular weight is 453 g/mol. The highest BCUT2D eigenvalue weighted by molar-refractivity contribution is 5.92. The van der Waals surface area contributed by atoms with Gasteiger partial charge in [0.05, 0.1) is 53.7 Å². The Kier molecular flexibility index (Phi) is 5.24. The summed E-state index contributed by atoms with van der Waals surface area (Å²) >= 11 is 0. The van der Waals surface area contributed by atoms with Gasteiger partial charge in [-0.2, -0.15) is 10.4 Å². The third-order valence-electron chi connectivity index (χ3n) is 5.73. The molecule has 170 valence electrons. The van der Waals surface area contributed by atoms with E-state index < -0.39 is 36.4 Å². The fraction of sp³-hybridized carbons (Fsp3) is 0.318. The van der Waals surface area contributed by atoms with Crippen molar-refractivity contribution >= 4 is 23.1 Å². The number of rotatable bonds is 6. The van der Waals surface area contributed by atoms with Crippen LogP contribution >= 0.6 is 0 Å². The Labute approximate surface area is 188 Å². The molecule has 0 aliphatic carbocycles. The molecule has 33 heavy (non-hydrogen) atoms. The lowest BCUT2D eigenvalue weighted by Crippen LogP contribution is -2.61. The van der Waals surface area contributed by atoms with E-state index in [0.717, 1.165) is 4.90 Å². The molecular formula is C22H21F2N7O2. The fourth-order valence-electron chi connectivity index (χ4n) is 3.84. The number of carbonyl (C=O) groups is 2. The van der Waals surface area contributed by atoms with Crippen molar-refractivity contribution in [3.05, 3.63) is 59.5 Å². The Hall–Kier alpha value is -4.07. The first-order chi connectivity index (χ1) is 15.5. The van der Waals surface area contributed by atoms with Crippen LogP contribution in [0.3, 0.4) is 0 Å². The molecule has 4 heterocycles. The van der Waals surface area contributed by atoms with Crippen molar-refractivity contribution in [3.8, 4) is 6.07 Å². The number of nitriles is 1. The predicted octanol–water partition coefficient (Wildman–Crippen LogP) is 1.92. The number of aromatic nitrogens is 3. The van der Waals surface area contributed by atoms with E-state index in [-0.39, 0.29) is 12.1 Å². The van der Waals surface area contributed by atoms with Crippen molar-refractivity contribution in [2.75, 3.05) is 24.5 Å². The first-order valence-corrected chi connectivity index (χ1v) is 10.1. The average Bonchev–Trinajstić information content (AvgIpc) is 3.19. The summed E-state index contributed by atoms with van der Waals surface area (Å²) in [5.74, 6) is -3.64. The molecule has 2 N–H and O–H groups in total. The molecule has 0 saturated carbocycles. The molecule has 1 aliphatic rings. The van der Waals surface area contributed by atoms with E-state index in [0.29, 0.717) is 22.6 Å². The van der Waals surface area contributed by atoms with Gasteiger partial charge in [-0.25, -0.2) is 18.3 Å². The van der Waals surface area contributed by atoms with Gasteiger partial charge in [-0.05, 0) is 44.2 Å². The molecule has 9 nitrogen and oxygen atoms in total. The number of hydrogen-bond acceptors (Lipinski definition) is 6. The van der Waals surface area contributed by atoms with Crippen LogP contribution < -0.4 is 10.6 Å². The summed E-state index contributed by atoms with van der Waals surface area (Å²) in [6, 6.07) is 10.4. The number of likely N-dealkylation sites (tertiary alicyclic amines) is 1. The van der Waals surface area contributed by atoms with E-state index >= 15 is 0 Å². The van der Waals surface area contributed by atoms with Gasteiger partial charge in [0.1, 0.15) is 11.9 Å². The number of nitrogens with zero attached hydrogens (tertiary/aromatic N) is 6. The van der Waals surface area contributed by atoms with E-state index in [4.69, 9.17) is 11.0 Å². The largest absolute Gasteiger partial charge is 0.366 e. The molecule has 1 aliphatic heterocycles. The number of amides is 2. The summed E-state index contributed by atoms with van der Waals surface area (Å²) in [5, 5.41) is 13.5. The maximum atomic E-state index is 13.3. The Morgan fingerprint density at radius 1 is 1.24 bits per heavy atom. The number of halogens is 2. The molecule has 1 fully saturated rings. The predicted molar refractivity (Wildman–Crippen MR) is 115 cm³/mol. The highest BCUT2D eigenvalue weighted by Gasteiger charge is 2.47. The molecule has 3 aromatic heterocycles. The van der Waals surface area contributed by atoms with Crippen molar-refractivity contribution in [3.63, 3.8) is 0 Å². The van der Waals surface area contributed by atoms with Crippen LogP contribution in [0.1, 0.15) is 35.5 Å². The molecule has 0 aromatic carbocycles. The van der Waals surface area contributed by atoms with Gasteiger partial charge in [-0.1, -0.05) is 0 Å². The molecule has 1 saturated heterocycles. The molecular weight excluding hydrogens is 432 g/mol. The number of hydrogen-bond donors (Lipinski definition) is 1. The van der Waals surface area contributed by atoms with Crippen LogP contribution in [0, 0.1) is 11.3 Å². The minimum absolute atomic E-state index is 0.198. The first-order valence-electron chi connectivity index (χ1n) is 10.1. The summed E-state index contributed by atoms with van der Waals surface area (Å²) in [6.45, 7) is 2.21. The smallest absolute Gasteiger partial charge is 0.282 e. The van der Waals surface area contributed by atoms with Gasteiger partial charge in [0.25, 0.3) is 5.92 Å². The van der Waals surface area contributed by atoms with Crippen LogP contribution in [0.5, 0.6) is 0 Å². The highest BCUT2D eigenvalue weighted by Crippen LogP contribution is 2.34. The molecule has 0 bridgehead atoms. The van der Waals surface area contributed by atoms with E-state index in [1.54, 1.807) is 27.6 Å². The summed E-state index contributed by atoms with van der Waals surface area (Å²) in [6.07, 6.45) is 2.74. The molecule has 0 unspecified atom stereocenters. The summed E-state index contributed by atoms with van der Waals surface area (Å²) in [7, 11) is 0. The Morgan fingerprint density at radius 3 is 2.55 bits per heavy atom. The molecule has 4 rings (SSSR count). The van der Waals surface area contributed by atoms with Gasteiger partial charge in [-0.15, -0.1) is 0 Å². The zero-order valence-electron chi connectivity index (χ0n) is 18.0. The molecule has 11 heteroatoms. The van der Waals surface area contributed by atoms with Crippen LogP contribution in [0.4, 0.5) is 14.6 Å². The van der Waals surface area contributed by atoms with Crippen molar-refractivity contribution in [1.82, 2.24) is 19.5 Å². The van der Waals surface area contributed by atoms with Crippen LogP contribution in [-0.2, 0) is 10.3 Å². The van der Waals surface area contributed by atoms with Crippen molar-refractivity contribution < 1.29 is 18.4 Å². The SMILES string of the molecule is CC(C)(c1ccc2cc(C#N)cnn12)N(CC(=O)N1CC(F)(F)C1)c1ccc(C(N)=O)cn1. The third-order valence-corrected chi connectivity index (χ3v) is 5.73. The van der Waals surface area contributed by atoms with E-state index in [2.05, 4.69) is 10.1 Å². The number of carbonyl (C=O) groups excluding carboxylic acids is 2. The van der Waals surface area contributed by atoms with Gasteiger partial charge in [0.15, 0.2) is 0 Å². The van der Waals surface area contributed by atoms with E-state index in [1.807, 2.05) is 26.0 Å². The number of anilines is 1. The molecule has 3 aromatic rings. The summed E-state index contributed by atoms with van der Waals surface area (Å²) in [5.41, 5.74) is 6.38. The Morgan fingerprint density at radius 2 is 1.97 bits per heavy atom. The highest BCUT2D eigenvalue weighted by atomic mass is 19.3. The molecule has 0 atom stereocenters. The number of nitrogens with two attached hydrogens (primary N) is 1. The maximum absolute atomic E-state index is 13.3. The summed E-state index contributed by atoms with van der Waals surface area (Å²) in [4.78, 5) is 31.3. The van der Waals surface area contributed by atoms with Gasteiger partial charge in [0.2, 0.25) is 11.8 Å². The quantitative estimate of drug-likeness (QED) is 0.609. The van der Waals surface area contributed by atoms with Crippen molar-refractivity contribution in [2.24, 2.45) is 5.73 Å². The van der Waals surface area contributed by atoms with Crippen molar-refractivity contribution in [1.29, 1.82) is 5.26 Å². The van der Waals surface area contributed by atoms with Gasteiger partial charge in [-0.3, -0.25) is 9.59 Å². The van der Waals surface area contributed by atoms with Gasteiger partial charge >= 0.3 is 0 Å². The topological polar surface area (TPSA) is 121 Å². The Bertz CT molecular complexity index is 1270. The van der Waals surface area contributed by atoms with Crippen LogP contribution in [0.2, 0.25) is 0 Å². The van der Waals surface area contributed by atoms with Crippen LogP contribution in [0.15, 0.2) is 42.7 Å². The van der Waals surface area contributed by atoms with Gasteiger partial charge < -0.3 is 15.5 Å². The minimum Gasteiger partial charge on any atom is -0.366 e. The lowest BCUT2D eigenvalue weighted by atomic mass is 9.97. The molecule has 0 radical (unpaired) electrons. The Balaban J connectivity index is 1.73. The summed E-state index contributed by atoms with van der Waals surface area (Å²) < 4.78 is 28.3. The number of fused-ring (bicyclic) bond motifs is 1. The second-order valence-electron chi connectivity index (χ2n) is 8.43. The lowest BCUT2D eigenvalue weighted by Gasteiger charge is -2.43. The standard InChI is InChI=1S/C22H21F2N7O2/c1-21(2,17-5-4-16-7-14(8-25)9-28-31(16)17)30(11-19(32)29-12-22(23,24)13-29)18-6-3-15(10-27-18)20(26)33/h3-7,9-10H,11-13H2,1-2H3,(H2,26,33). The second kappa shape index (κ2) is 7.81.